The number of rotatable bonds is 9. The third-order valence-corrected chi connectivity index (χ3v) is 3.97. The highest BCUT2D eigenvalue weighted by Gasteiger charge is 2.17. The largest absolute Gasteiger partial charge is 0.383 e. The molecule has 0 aliphatic carbocycles. The second kappa shape index (κ2) is 9.22. The summed E-state index contributed by atoms with van der Waals surface area (Å²) in [6.07, 6.45) is 1.09. The van der Waals surface area contributed by atoms with Crippen LogP contribution in [0.5, 0.6) is 0 Å². The molecule has 0 bridgehead atoms. The standard InChI is InChI=1S/C16H27ClN2O/c1-5-13(3)19(10-11-20-4)16-9-7-8-15(17)14(16)12-18-6-2/h7-9,13,18H,5-6,10-12H2,1-4H3. The van der Waals surface area contributed by atoms with Gasteiger partial charge in [-0.1, -0.05) is 31.5 Å². The molecule has 0 aliphatic heterocycles. The van der Waals surface area contributed by atoms with Crippen LogP contribution in [0.15, 0.2) is 18.2 Å². The Balaban J connectivity index is 3.07. The van der Waals surface area contributed by atoms with Crippen molar-refractivity contribution in [3.63, 3.8) is 0 Å². The summed E-state index contributed by atoms with van der Waals surface area (Å²) in [6, 6.07) is 6.60. The van der Waals surface area contributed by atoms with Crippen LogP contribution < -0.4 is 10.2 Å². The zero-order valence-electron chi connectivity index (χ0n) is 13.1. The van der Waals surface area contributed by atoms with Crippen LogP contribution in [0, 0.1) is 0 Å². The van der Waals surface area contributed by atoms with Crippen molar-refractivity contribution in [3.05, 3.63) is 28.8 Å². The Hall–Kier alpha value is -0.770. The highest BCUT2D eigenvalue weighted by atomic mass is 35.5. The summed E-state index contributed by atoms with van der Waals surface area (Å²) in [5.74, 6) is 0. The third kappa shape index (κ3) is 4.65. The number of hydrogen-bond donors (Lipinski definition) is 1. The SMILES string of the molecule is CCNCc1c(Cl)cccc1N(CCOC)C(C)CC. The summed E-state index contributed by atoms with van der Waals surface area (Å²) >= 11 is 6.39. The van der Waals surface area contributed by atoms with E-state index in [4.69, 9.17) is 16.3 Å². The van der Waals surface area contributed by atoms with Crippen LogP contribution in [-0.2, 0) is 11.3 Å². The van der Waals surface area contributed by atoms with E-state index in [2.05, 4.69) is 37.1 Å². The second-order valence-electron chi connectivity index (χ2n) is 4.96. The molecule has 0 fully saturated rings. The minimum absolute atomic E-state index is 0.462. The molecular weight excluding hydrogens is 272 g/mol. The summed E-state index contributed by atoms with van der Waals surface area (Å²) < 4.78 is 5.25. The Bertz CT molecular complexity index is 398. The fourth-order valence-electron chi connectivity index (χ4n) is 2.23. The van der Waals surface area contributed by atoms with Gasteiger partial charge < -0.3 is 15.0 Å². The van der Waals surface area contributed by atoms with Gasteiger partial charge in [0, 0.05) is 42.5 Å². The Labute approximate surface area is 128 Å². The van der Waals surface area contributed by atoms with Crippen molar-refractivity contribution in [1.82, 2.24) is 5.32 Å². The highest BCUT2D eigenvalue weighted by molar-refractivity contribution is 6.31. The molecule has 0 saturated heterocycles. The van der Waals surface area contributed by atoms with Gasteiger partial charge in [0.15, 0.2) is 0 Å². The van der Waals surface area contributed by atoms with E-state index >= 15 is 0 Å². The van der Waals surface area contributed by atoms with Crippen molar-refractivity contribution >= 4 is 17.3 Å². The molecule has 1 rings (SSSR count). The van der Waals surface area contributed by atoms with E-state index in [9.17, 15) is 0 Å². The maximum absolute atomic E-state index is 6.39. The molecule has 0 spiro atoms. The van der Waals surface area contributed by atoms with Crippen LogP contribution in [0.1, 0.15) is 32.8 Å². The summed E-state index contributed by atoms with van der Waals surface area (Å²) in [5.41, 5.74) is 2.39. The highest BCUT2D eigenvalue weighted by Crippen LogP contribution is 2.29. The van der Waals surface area contributed by atoms with Gasteiger partial charge in [0.25, 0.3) is 0 Å². The first-order chi connectivity index (χ1) is 9.65. The number of ether oxygens (including phenoxy) is 1. The Kier molecular flexibility index (Phi) is 7.97. The topological polar surface area (TPSA) is 24.5 Å². The Morgan fingerprint density at radius 2 is 2.10 bits per heavy atom. The lowest BCUT2D eigenvalue weighted by Crippen LogP contribution is -2.36. The molecule has 4 heteroatoms. The molecule has 1 aromatic rings. The molecule has 0 saturated carbocycles. The van der Waals surface area contributed by atoms with E-state index in [-0.39, 0.29) is 0 Å². The zero-order valence-corrected chi connectivity index (χ0v) is 13.8. The van der Waals surface area contributed by atoms with Crippen molar-refractivity contribution < 1.29 is 4.74 Å². The molecule has 1 atom stereocenters. The van der Waals surface area contributed by atoms with Crippen LogP contribution in [-0.4, -0.2) is 32.8 Å². The fourth-order valence-corrected chi connectivity index (χ4v) is 2.47. The molecule has 1 N–H and O–H groups in total. The first kappa shape index (κ1) is 17.3. The maximum atomic E-state index is 6.39. The summed E-state index contributed by atoms with van der Waals surface area (Å²) in [4.78, 5) is 2.39. The van der Waals surface area contributed by atoms with Gasteiger partial charge in [-0.05, 0) is 32.0 Å². The number of anilines is 1. The molecule has 0 aromatic heterocycles. The van der Waals surface area contributed by atoms with Gasteiger partial charge in [0.1, 0.15) is 0 Å². The normalized spacial score (nSPS) is 12.4. The number of hydrogen-bond acceptors (Lipinski definition) is 3. The lowest BCUT2D eigenvalue weighted by Gasteiger charge is -2.32. The molecule has 0 heterocycles. The first-order valence-corrected chi connectivity index (χ1v) is 7.77. The van der Waals surface area contributed by atoms with Gasteiger partial charge in [-0.2, -0.15) is 0 Å². The maximum Gasteiger partial charge on any atom is 0.0637 e. The zero-order chi connectivity index (χ0) is 15.0. The summed E-state index contributed by atoms with van der Waals surface area (Å²) in [7, 11) is 1.74. The average Bonchev–Trinajstić information content (AvgIpc) is 2.46. The van der Waals surface area contributed by atoms with Crippen LogP contribution in [0.3, 0.4) is 0 Å². The number of benzene rings is 1. The molecule has 1 unspecified atom stereocenters. The van der Waals surface area contributed by atoms with E-state index in [1.165, 1.54) is 11.3 Å². The van der Waals surface area contributed by atoms with Gasteiger partial charge >= 0.3 is 0 Å². The third-order valence-electron chi connectivity index (χ3n) is 3.61. The van der Waals surface area contributed by atoms with Gasteiger partial charge in [-0.15, -0.1) is 0 Å². The molecule has 0 radical (unpaired) electrons. The van der Waals surface area contributed by atoms with Crippen LogP contribution >= 0.6 is 11.6 Å². The van der Waals surface area contributed by atoms with E-state index in [0.717, 1.165) is 37.7 Å². The van der Waals surface area contributed by atoms with Gasteiger partial charge in [0.2, 0.25) is 0 Å². The monoisotopic (exact) mass is 298 g/mol. The predicted octanol–water partition coefficient (Wildman–Crippen LogP) is 3.70. The van der Waals surface area contributed by atoms with Crippen molar-refractivity contribution in [2.75, 3.05) is 31.7 Å². The lowest BCUT2D eigenvalue weighted by atomic mass is 10.1. The quantitative estimate of drug-likeness (QED) is 0.752. The summed E-state index contributed by atoms with van der Waals surface area (Å²) in [6.45, 7) is 9.89. The van der Waals surface area contributed by atoms with Gasteiger partial charge in [-0.25, -0.2) is 0 Å². The predicted molar refractivity (Wildman–Crippen MR) is 87.8 cm³/mol. The van der Waals surface area contributed by atoms with Gasteiger partial charge in [-0.3, -0.25) is 0 Å². The van der Waals surface area contributed by atoms with Crippen LogP contribution in [0.25, 0.3) is 0 Å². The molecular formula is C16H27ClN2O. The van der Waals surface area contributed by atoms with Gasteiger partial charge in [0.05, 0.1) is 6.61 Å². The molecule has 114 valence electrons. The fraction of sp³-hybridized carbons (Fsp3) is 0.625. The van der Waals surface area contributed by atoms with E-state index in [1.807, 2.05) is 12.1 Å². The van der Waals surface area contributed by atoms with Crippen molar-refractivity contribution in [1.29, 1.82) is 0 Å². The first-order valence-electron chi connectivity index (χ1n) is 7.39. The van der Waals surface area contributed by atoms with E-state index < -0.39 is 0 Å². The second-order valence-corrected chi connectivity index (χ2v) is 5.37. The average molecular weight is 299 g/mol. The van der Waals surface area contributed by atoms with Crippen molar-refractivity contribution in [3.8, 4) is 0 Å². The smallest absolute Gasteiger partial charge is 0.0637 e. The lowest BCUT2D eigenvalue weighted by molar-refractivity contribution is 0.203. The molecule has 3 nitrogen and oxygen atoms in total. The molecule has 1 aromatic carbocycles. The number of nitrogens with zero attached hydrogens (tertiary/aromatic N) is 1. The minimum atomic E-state index is 0.462. The molecule has 20 heavy (non-hydrogen) atoms. The van der Waals surface area contributed by atoms with E-state index in [1.54, 1.807) is 7.11 Å². The molecule has 0 aliphatic rings. The van der Waals surface area contributed by atoms with Crippen LogP contribution in [0.2, 0.25) is 5.02 Å². The molecule has 0 amide bonds. The number of nitrogens with one attached hydrogen (secondary N) is 1. The van der Waals surface area contributed by atoms with E-state index in [0.29, 0.717) is 6.04 Å². The Morgan fingerprint density at radius 1 is 1.35 bits per heavy atom. The number of halogens is 1. The summed E-state index contributed by atoms with van der Waals surface area (Å²) in [5, 5.41) is 4.20. The van der Waals surface area contributed by atoms with Crippen LogP contribution in [0.4, 0.5) is 5.69 Å². The number of methoxy groups -OCH3 is 1. The minimum Gasteiger partial charge on any atom is -0.383 e. The Morgan fingerprint density at radius 3 is 2.70 bits per heavy atom. The van der Waals surface area contributed by atoms with Crippen molar-refractivity contribution in [2.45, 2.75) is 39.8 Å². The van der Waals surface area contributed by atoms with Crippen molar-refractivity contribution in [2.24, 2.45) is 0 Å².